The summed E-state index contributed by atoms with van der Waals surface area (Å²) < 4.78 is 17.0. The van der Waals surface area contributed by atoms with Crippen molar-refractivity contribution in [2.45, 2.75) is 322 Å². The minimum absolute atomic E-state index is 0.0875. The lowest BCUT2D eigenvalue weighted by atomic mass is 10.1. The standard InChI is InChI=1S/C75H126O6/c1-4-7-10-13-16-19-22-25-28-31-33-34-35-36-37-38-39-40-42-44-47-50-53-56-59-62-65-68-74(77)80-71-72(70-79-73(76)67-64-61-58-55-52-49-46-43-30-27-24-21-18-15-12-9-6-3)81-75(78)69-66-63-60-57-54-51-48-45-41-32-29-26-23-20-17-14-11-8-5-2/h7,9-10,12,16,18-19,21,25-30,33-34,36-37,39-40,72H,4-6,8,11,13-15,17,20,22-24,31-32,35,38,41-71H2,1-3H3/b10-7-,12-9-,19-16-,21-18-,28-25-,29-26-,30-27-,34-33-,37-36-,40-39-. The number of esters is 3. The maximum absolute atomic E-state index is 12.9. The van der Waals surface area contributed by atoms with Gasteiger partial charge in [-0.3, -0.25) is 14.4 Å². The Balaban J connectivity index is 4.39. The second-order valence-electron chi connectivity index (χ2n) is 22.3. The summed E-state index contributed by atoms with van der Waals surface area (Å²) in [6.45, 7) is 6.42. The van der Waals surface area contributed by atoms with E-state index in [1.807, 2.05) is 0 Å². The summed E-state index contributed by atoms with van der Waals surface area (Å²) in [5, 5.41) is 0. The van der Waals surface area contributed by atoms with Crippen molar-refractivity contribution in [1.29, 1.82) is 0 Å². The predicted molar refractivity (Wildman–Crippen MR) is 353 cm³/mol. The molecule has 0 saturated carbocycles. The van der Waals surface area contributed by atoms with Gasteiger partial charge in [-0.15, -0.1) is 0 Å². The van der Waals surface area contributed by atoms with Crippen LogP contribution in [0.2, 0.25) is 0 Å². The molecule has 0 aliphatic rings. The maximum Gasteiger partial charge on any atom is 0.306 e. The zero-order valence-corrected chi connectivity index (χ0v) is 53.0. The van der Waals surface area contributed by atoms with Crippen LogP contribution < -0.4 is 0 Å². The van der Waals surface area contributed by atoms with Crippen molar-refractivity contribution in [3.8, 4) is 0 Å². The van der Waals surface area contributed by atoms with Gasteiger partial charge in [0.2, 0.25) is 0 Å². The molecule has 1 atom stereocenters. The van der Waals surface area contributed by atoms with Crippen molar-refractivity contribution >= 4 is 17.9 Å². The summed E-state index contributed by atoms with van der Waals surface area (Å²) in [6, 6.07) is 0. The quantitative estimate of drug-likeness (QED) is 0.0261. The predicted octanol–water partition coefficient (Wildman–Crippen LogP) is 23.6. The highest BCUT2D eigenvalue weighted by molar-refractivity contribution is 5.71. The van der Waals surface area contributed by atoms with E-state index in [4.69, 9.17) is 14.2 Å². The number of rotatable bonds is 61. The number of carbonyl (C=O) groups excluding carboxylic acids is 3. The Bertz CT molecular complexity index is 1670. The highest BCUT2D eigenvalue weighted by atomic mass is 16.6. The second kappa shape index (κ2) is 68.3. The molecule has 0 rings (SSSR count). The van der Waals surface area contributed by atoms with Crippen LogP contribution in [0.5, 0.6) is 0 Å². The van der Waals surface area contributed by atoms with Gasteiger partial charge < -0.3 is 14.2 Å². The number of carbonyl (C=O) groups is 3. The Morgan fingerprint density at radius 3 is 0.765 bits per heavy atom. The first-order valence-electron chi connectivity index (χ1n) is 34.0. The van der Waals surface area contributed by atoms with E-state index < -0.39 is 6.10 Å². The van der Waals surface area contributed by atoms with E-state index in [1.165, 1.54) is 148 Å². The third-order valence-corrected chi connectivity index (χ3v) is 14.4. The van der Waals surface area contributed by atoms with Gasteiger partial charge in [-0.2, -0.15) is 0 Å². The van der Waals surface area contributed by atoms with Crippen LogP contribution >= 0.6 is 0 Å². The highest BCUT2D eigenvalue weighted by Crippen LogP contribution is 2.16. The van der Waals surface area contributed by atoms with E-state index in [2.05, 4.69) is 142 Å². The van der Waals surface area contributed by atoms with E-state index in [0.29, 0.717) is 19.3 Å². The van der Waals surface area contributed by atoms with E-state index >= 15 is 0 Å². The van der Waals surface area contributed by atoms with Crippen LogP contribution in [0.3, 0.4) is 0 Å². The van der Waals surface area contributed by atoms with Gasteiger partial charge >= 0.3 is 17.9 Å². The second-order valence-corrected chi connectivity index (χ2v) is 22.3. The Hall–Kier alpha value is -4.19. The summed E-state index contributed by atoms with van der Waals surface area (Å²) in [4.78, 5) is 38.4. The number of allylic oxidation sites excluding steroid dienone is 20. The lowest BCUT2D eigenvalue weighted by Gasteiger charge is -2.18. The van der Waals surface area contributed by atoms with Gasteiger partial charge in [-0.25, -0.2) is 0 Å². The Morgan fingerprint density at radius 2 is 0.481 bits per heavy atom. The molecule has 0 aliphatic heterocycles. The summed E-state index contributed by atoms with van der Waals surface area (Å²) in [6.07, 6.45) is 94.9. The van der Waals surface area contributed by atoms with Crippen LogP contribution in [0.1, 0.15) is 316 Å². The molecule has 0 aromatic heterocycles. The summed E-state index contributed by atoms with van der Waals surface area (Å²) >= 11 is 0. The van der Waals surface area contributed by atoms with Gasteiger partial charge in [0, 0.05) is 19.3 Å². The van der Waals surface area contributed by atoms with Crippen molar-refractivity contribution in [3.63, 3.8) is 0 Å². The van der Waals surface area contributed by atoms with Gasteiger partial charge in [-0.05, 0) is 128 Å². The molecule has 1 unspecified atom stereocenters. The molecule has 0 bridgehead atoms. The lowest BCUT2D eigenvalue weighted by molar-refractivity contribution is -0.167. The molecule has 6 heteroatoms. The molecule has 0 amide bonds. The van der Waals surface area contributed by atoms with Crippen molar-refractivity contribution in [2.75, 3.05) is 13.2 Å². The first-order valence-corrected chi connectivity index (χ1v) is 34.0. The molecule has 0 saturated heterocycles. The molecule has 0 aliphatic carbocycles. The fourth-order valence-electron chi connectivity index (χ4n) is 9.40. The Labute approximate surface area is 501 Å². The van der Waals surface area contributed by atoms with Crippen LogP contribution in [-0.2, 0) is 28.6 Å². The lowest BCUT2D eigenvalue weighted by Crippen LogP contribution is -2.30. The number of hydrogen-bond acceptors (Lipinski definition) is 6. The SMILES string of the molecule is CC/C=C\C/C=C\C/C=C\C/C=C\C/C=C\C/C=C\CCCCCCCCCCC(=O)OCC(COC(=O)CCCCCCCCC/C=C\C/C=C\C/C=C\CC)OC(=O)CCCCCCCCCCC/C=C\CCCCCCCC. The van der Waals surface area contributed by atoms with E-state index in [1.54, 1.807) is 0 Å². The number of unbranched alkanes of at least 4 members (excludes halogenated alkanes) is 30. The van der Waals surface area contributed by atoms with Crippen molar-refractivity contribution in [1.82, 2.24) is 0 Å². The van der Waals surface area contributed by atoms with Crippen LogP contribution in [0.4, 0.5) is 0 Å². The summed E-state index contributed by atoms with van der Waals surface area (Å²) in [5.74, 6) is -0.897. The monoisotopic (exact) mass is 1120 g/mol. The molecule has 0 N–H and O–H groups in total. The summed E-state index contributed by atoms with van der Waals surface area (Å²) in [5.41, 5.74) is 0. The minimum Gasteiger partial charge on any atom is -0.462 e. The molecule has 0 fully saturated rings. The number of ether oxygens (including phenoxy) is 3. The van der Waals surface area contributed by atoms with Crippen molar-refractivity contribution in [3.05, 3.63) is 122 Å². The first-order chi connectivity index (χ1) is 40.0. The molecule has 462 valence electrons. The third kappa shape index (κ3) is 66.5. The topological polar surface area (TPSA) is 78.9 Å². The first kappa shape index (κ1) is 76.8. The van der Waals surface area contributed by atoms with Crippen molar-refractivity contribution < 1.29 is 28.6 Å². The van der Waals surface area contributed by atoms with Gasteiger partial charge in [0.15, 0.2) is 6.10 Å². The average molecular weight is 1120 g/mol. The summed E-state index contributed by atoms with van der Waals surface area (Å²) in [7, 11) is 0. The maximum atomic E-state index is 12.9. The van der Waals surface area contributed by atoms with E-state index in [9.17, 15) is 14.4 Å². The Kier molecular flexibility index (Phi) is 64.8. The number of hydrogen-bond donors (Lipinski definition) is 0. The molecule has 0 aromatic carbocycles. The van der Waals surface area contributed by atoms with Gasteiger partial charge in [0.05, 0.1) is 0 Å². The largest absolute Gasteiger partial charge is 0.462 e. The van der Waals surface area contributed by atoms with Crippen molar-refractivity contribution in [2.24, 2.45) is 0 Å². The zero-order valence-electron chi connectivity index (χ0n) is 53.0. The fourth-order valence-corrected chi connectivity index (χ4v) is 9.40. The average Bonchev–Trinajstić information content (AvgIpc) is 3.47. The van der Waals surface area contributed by atoms with Gasteiger partial charge in [0.25, 0.3) is 0 Å². The molecule has 6 nitrogen and oxygen atoms in total. The van der Waals surface area contributed by atoms with Crippen LogP contribution in [0.15, 0.2) is 122 Å². The van der Waals surface area contributed by atoms with E-state index in [-0.39, 0.29) is 31.1 Å². The molecule has 0 heterocycles. The van der Waals surface area contributed by atoms with E-state index in [0.717, 1.165) is 128 Å². The smallest absolute Gasteiger partial charge is 0.306 e. The zero-order chi connectivity index (χ0) is 58.5. The molecule has 0 spiro atoms. The van der Waals surface area contributed by atoms with Gasteiger partial charge in [0.1, 0.15) is 13.2 Å². The fraction of sp³-hybridized carbons (Fsp3) is 0.693. The molecular weight excluding hydrogens is 997 g/mol. The third-order valence-electron chi connectivity index (χ3n) is 14.4. The normalized spacial score (nSPS) is 12.9. The van der Waals surface area contributed by atoms with Crippen LogP contribution in [-0.4, -0.2) is 37.2 Å². The van der Waals surface area contributed by atoms with Crippen LogP contribution in [0.25, 0.3) is 0 Å². The molecule has 0 radical (unpaired) electrons. The molecule has 81 heavy (non-hydrogen) atoms. The highest BCUT2D eigenvalue weighted by Gasteiger charge is 2.19. The van der Waals surface area contributed by atoms with Crippen LogP contribution in [0, 0.1) is 0 Å². The minimum atomic E-state index is -0.792. The Morgan fingerprint density at radius 1 is 0.259 bits per heavy atom. The van der Waals surface area contributed by atoms with Gasteiger partial charge in [-0.1, -0.05) is 290 Å². The molecular formula is C75H126O6. The molecule has 0 aromatic rings.